The Morgan fingerprint density at radius 3 is 2.89 bits per heavy atom. The highest BCUT2D eigenvalue weighted by molar-refractivity contribution is 7.51. The molecule has 0 radical (unpaired) electrons. The van der Waals surface area contributed by atoms with Crippen LogP contribution in [-0.4, -0.2) is 87.8 Å². The molecule has 5 N–H and O–H groups in total. The molecule has 16 nitrogen and oxygen atoms in total. The van der Waals surface area contributed by atoms with Crippen molar-refractivity contribution < 1.29 is 43.1 Å². The summed E-state index contributed by atoms with van der Waals surface area (Å²) in [7, 11) is -2.58. The standard InChI is InChI=1S/C19H25N8O8P/c1-24-10-26(16-13(24)17(23-19(20)22-16)35-27-5-2-3-11(27)7-28)18-15(30)14(29)12(34-18)8-33-36(31,32)25-6-4-21-9-25/h4,6-7,9-12,14-15,18,29-30H,2-3,5,8H2,1H3,(H2-,20,22,23,31,32)/p+1/t11-,12+,14-,15?,18+/m0/s1. The average Bonchev–Trinajstić information content (AvgIpc) is 3.62. The number of aliphatic hydroxyl groups is 2. The third-order valence-electron chi connectivity index (χ3n) is 6.16. The minimum atomic E-state index is -4.27. The zero-order valence-electron chi connectivity index (χ0n) is 19.1. The van der Waals surface area contributed by atoms with E-state index >= 15 is 0 Å². The van der Waals surface area contributed by atoms with Gasteiger partial charge in [0.15, 0.2) is 6.33 Å². The highest BCUT2D eigenvalue weighted by atomic mass is 31.2. The molecule has 0 aromatic carbocycles. The topological polar surface area (TPSA) is 204 Å². The third-order valence-corrected chi connectivity index (χ3v) is 7.46. The van der Waals surface area contributed by atoms with Crippen LogP contribution in [0.25, 0.3) is 11.2 Å². The fourth-order valence-electron chi connectivity index (χ4n) is 4.34. The van der Waals surface area contributed by atoms with Gasteiger partial charge in [-0.25, -0.2) is 18.5 Å². The van der Waals surface area contributed by atoms with E-state index in [0.717, 1.165) is 23.4 Å². The summed E-state index contributed by atoms with van der Waals surface area (Å²) in [6.07, 6.45) is 2.37. The lowest BCUT2D eigenvalue weighted by Crippen LogP contribution is -2.46. The molecule has 0 spiro atoms. The number of hydrogen-bond donors (Lipinski definition) is 4. The Morgan fingerprint density at radius 1 is 1.36 bits per heavy atom. The van der Waals surface area contributed by atoms with Crippen molar-refractivity contribution in [3.05, 3.63) is 25.0 Å². The van der Waals surface area contributed by atoms with Crippen LogP contribution in [0.15, 0.2) is 25.0 Å². The highest BCUT2D eigenvalue weighted by Crippen LogP contribution is 2.44. The van der Waals surface area contributed by atoms with Gasteiger partial charge in [-0.05, 0) is 12.8 Å². The van der Waals surface area contributed by atoms with Crippen LogP contribution in [0.4, 0.5) is 5.95 Å². The number of carbonyl (C=O) groups is 1. The van der Waals surface area contributed by atoms with Crippen LogP contribution in [0.1, 0.15) is 19.1 Å². The fourth-order valence-corrected chi connectivity index (χ4v) is 5.23. The second-order valence-corrected chi connectivity index (χ2v) is 10.2. The Balaban J connectivity index is 1.40. The second kappa shape index (κ2) is 9.48. The molecule has 0 amide bonds. The molecule has 3 aromatic rings. The number of aromatic nitrogens is 6. The van der Waals surface area contributed by atoms with Crippen LogP contribution in [0.2, 0.25) is 0 Å². The third kappa shape index (κ3) is 4.37. The first-order chi connectivity index (χ1) is 17.2. The van der Waals surface area contributed by atoms with Crippen LogP contribution in [0.5, 0.6) is 5.88 Å². The van der Waals surface area contributed by atoms with Gasteiger partial charge in [0.05, 0.1) is 13.7 Å². The molecule has 2 aliphatic rings. The van der Waals surface area contributed by atoms with E-state index in [1.54, 1.807) is 17.9 Å². The van der Waals surface area contributed by atoms with Gasteiger partial charge in [0.2, 0.25) is 11.7 Å². The molecule has 194 valence electrons. The number of hydrogen-bond acceptors (Lipinski definition) is 12. The van der Waals surface area contributed by atoms with Crippen molar-refractivity contribution in [2.45, 2.75) is 43.4 Å². The van der Waals surface area contributed by atoms with Gasteiger partial charge >= 0.3 is 19.3 Å². The van der Waals surface area contributed by atoms with Gasteiger partial charge in [-0.2, -0.15) is 4.98 Å². The summed E-state index contributed by atoms with van der Waals surface area (Å²) >= 11 is 0. The molecule has 2 saturated heterocycles. The summed E-state index contributed by atoms with van der Waals surface area (Å²) in [4.78, 5) is 39.5. The van der Waals surface area contributed by atoms with Gasteiger partial charge in [0.25, 0.3) is 5.88 Å². The first kappa shape index (κ1) is 24.7. The maximum Gasteiger partial charge on any atom is 0.437 e. The van der Waals surface area contributed by atoms with E-state index in [2.05, 4.69) is 15.0 Å². The minimum Gasteiger partial charge on any atom is -0.387 e. The summed E-state index contributed by atoms with van der Waals surface area (Å²) in [5.41, 5.74) is 6.57. The highest BCUT2D eigenvalue weighted by Gasteiger charge is 2.48. The van der Waals surface area contributed by atoms with E-state index in [4.69, 9.17) is 19.8 Å². The molecule has 17 heteroatoms. The van der Waals surface area contributed by atoms with Crippen molar-refractivity contribution in [3.8, 4) is 5.88 Å². The van der Waals surface area contributed by atoms with E-state index < -0.39 is 44.9 Å². The Kier molecular flexibility index (Phi) is 6.50. The van der Waals surface area contributed by atoms with Crippen molar-refractivity contribution in [3.63, 3.8) is 0 Å². The van der Waals surface area contributed by atoms with Crippen molar-refractivity contribution in [2.24, 2.45) is 7.05 Å². The lowest BCUT2D eigenvalue weighted by molar-refractivity contribution is -0.745. The van der Waals surface area contributed by atoms with Crippen LogP contribution in [0.3, 0.4) is 0 Å². The SMILES string of the molecule is Cn1c[n+]([C@@H]2O[C@H](COP(=O)(O)n3ccnc3)[C@H](O)C2O)c2nc(N)nc(ON3CCC[C@H]3C=O)c21. The number of aryl methyl sites for hydroxylation is 1. The quantitative estimate of drug-likeness (QED) is 0.147. The zero-order chi connectivity index (χ0) is 25.6. The number of nitrogens with two attached hydrogens (primary N) is 1. The first-order valence-electron chi connectivity index (χ1n) is 11.1. The Bertz CT molecular complexity index is 1300. The number of imidazole rings is 2. The van der Waals surface area contributed by atoms with Crippen molar-refractivity contribution >= 4 is 31.1 Å². The van der Waals surface area contributed by atoms with Crippen molar-refractivity contribution in [2.75, 3.05) is 18.9 Å². The number of hydroxylamine groups is 2. The smallest absolute Gasteiger partial charge is 0.387 e. The maximum atomic E-state index is 12.4. The molecule has 5 rings (SSSR count). The number of nitrogens with zero attached hydrogens (tertiary/aromatic N) is 7. The molecule has 0 aliphatic carbocycles. The molecule has 2 unspecified atom stereocenters. The molecule has 2 fully saturated rings. The van der Waals surface area contributed by atoms with E-state index in [1.807, 2.05) is 0 Å². The first-order valence-corrected chi connectivity index (χ1v) is 12.6. The normalized spacial score (nSPS) is 28.5. The van der Waals surface area contributed by atoms with Gasteiger partial charge in [0.1, 0.15) is 37.0 Å². The van der Waals surface area contributed by atoms with Gasteiger partial charge in [-0.15, -0.1) is 5.06 Å². The van der Waals surface area contributed by atoms with E-state index in [0.29, 0.717) is 18.5 Å². The van der Waals surface area contributed by atoms with Gasteiger partial charge in [0, 0.05) is 18.9 Å². The van der Waals surface area contributed by atoms with Crippen LogP contribution in [-0.2, 0) is 25.7 Å². The number of nitrogen functional groups attached to an aromatic ring is 1. The predicted molar refractivity (Wildman–Crippen MR) is 119 cm³/mol. The summed E-state index contributed by atoms with van der Waals surface area (Å²) in [6.45, 7) is 0.0465. The largest absolute Gasteiger partial charge is 0.437 e. The Labute approximate surface area is 204 Å². The molecule has 0 bridgehead atoms. The number of aldehydes is 1. The predicted octanol–water partition coefficient (Wildman–Crippen LogP) is -1.72. The Hall–Kier alpha value is -2.98. The lowest BCUT2D eigenvalue weighted by atomic mass is 10.1. The number of aliphatic hydroxyl groups excluding tert-OH is 2. The summed E-state index contributed by atoms with van der Waals surface area (Å²) in [5.74, 6) is -0.00395. The molecule has 6 atom stereocenters. The summed E-state index contributed by atoms with van der Waals surface area (Å²) in [5, 5.41) is 22.8. The second-order valence-electron chi connectivity index (χ2n) is 8.55. The Morgan fingerprint density at radius 2 is 2.17 bits per heavy atom. The van der Waals surface area contributed by atoms with Gasteiger partial charge < -0.3 is 35.2 Å². The molecular weight excluding hydrogens is 499 g/mol. The maximum absolute atomic E-state index is 12.4. The van der Waals surface area contributed by atoms with E-state index in [-0.39, 0.29) is 17.5 Å². The van der Waals surface area contributed by atoms with Gasteiger partial charge in [-0.3, -0.25) is 9.09 Å². The van der Waals surface area contributed by atoms with E-state index in [1.165, 1.54) is 22.0 Å². The van der Waals surface area contributed by atoms with Crippen LogP contribution >= 0.6 is 7.75 Å². The van der Waals surface area contributed by atoms with E-state index in [9.17, 15) is 24.5 Å². The zero-order valence-corrected chi connectivity index (χ0v) is 20.0. The number of anilines is 1. The number of rotatable bonds is 8. The fraction of sp³-hybridized carbons (Fsp3) is 0.526. The molecule has 3 aromatic heterocycles. The summed E-state index contributed by atoms with van der Waals surface area (Å²) in [6, 6.07) is -0.413. The van der Waals surface area contributed by atoms with Crippen molar-refractivity contribution in [1.29, 1.82) is 0 Å². The lowest BCUT2D eigenvalue weighted by Gasteiger charge is -2.19. The monoisotopic (exact) mass is 525 g/mol. The minimum absolute atomic E-state index is 0.113. The molecule has 0 saturated carbocycles. The number of ether oxygens (including phenoxy) is 1. The number of fused-ring (bicyclic) bond motifs is 1. The number of carbonyl (C=O) groups excluding carboxylic acids is 1. The van der Waals surface area contributed by atoms with Crippen LogP contribution in [0, 0.1) is 0 Å². The molecule has 5 heterocycles. The summed E-state index contributed by atoms with van der Waals surface area (Å²) < 4.78 is 27.3. The molecular formula is C19H26N8O8P+. The van der Waals surface area contributed by atoms with Crippen LogP contribution < -0.4 is 15.1 Å². The molecule has 36 heavy (non-hydrogen) atoms. The van der Waals surface area contributed by atoms with Gasteiger partial charge in [-0.1, -0.05) is 4.98 Å². The molecule has 2 aliphatic heterocycles. The van der Waals surface area contributed by atoms with Crippen molar-refractivity contribution in [1.82, 2.24) is 28.9 Å². The average molecular weight is 525 g/mol.